The molecule has 1 heterocycles. The van der Waals surface area contributed by atoms with Crippen molar-refractivity contribution < 1.29 is 9.53 Å². The number of methoxy groups -OCH3 is 1. The lowest BCUT2D eigenvalue weighted by Gasteiger charge is -2.06. The highest BCUT2D eigenvalue weighted by atomic mass is 16.5. The number of nitrogens with zero attached hydrogens (tertiary/aromatic N) is 1. The Balaban J connectivity index is 3.15. The number of carbonyl (C=O) groups excluding carboxylic acids is 1. The number of anilines is 1. The number of ether oxygens (including phenoxy) is 1. The largest absolute Gasteiger partial charge is 0.496 e. The third-order valence-corrected chi connectivity index (χ3v) is 1.61. The zero-order chi connectivity index (χ0) is 9.84. The molecule has 1 aromatic rings. The second-order valence-electron chi connectivity index (χ2n) is 2.38. The van der Waals surface area contributed by atoms with Crippen LogP contribution in [-0.2, 0) is 0 Å². The van der Waals surface area contributed by atoms with Crippen molar-refractivity contribution >= 4 is 11.7 Å². The van der Waals surface area contributed by atoms with Crippen LogP contribution < -0.4 is 15.8 Å². The van der Waals surface area contributed by atoms with Crippen molar-refractivity contribution in [2.75, 3.05) is 19.5 Å². The molecule has 3 N–H and O–H groups in total. The van der Waals surface area contributed by atoms with Crippen LogP contribution >= 0.6 is 0 Å². The van der Waals surface area contributed by atoms with Gasteiger partial charge in [0.2, 0.25) is 0 Å². The van der Waals surface area contributed by atoms with Gasteiger partial charge in [0.25, 0.3) is 5.91 Å². The fourth-order valence-corrected chi connectivity index (χ4v) is 0.928. The summed E-state index contributed by atoms with van der Waals surface area (Å²) in [5, 5.41) is 2.82. The molecule has 1 amide bonds. The molecule has 1 aromatic heterocycles. The van der Waals surface area contributed by atoms with Gasteiger partial charge in [0, 0.05) is 19.3 Å². The molecule has 0 saturated heterocycles. The molecule has 5 heteroatoms. The first-order valence-electron chi connectivity index (χ1n) is 3.70. The zero-order valence-corrected chi connectivity index (χ0v) is 7.50. The fraction of sp³-hybridized carbons (Fsp3) is 0.250. The molecule has 0 saturated carbocycles. The number of aromatic nitrogens is 1. The lowest BCUT2D eigenvalue weighted by atomic mass is 10.2. The Kier molecular flexibility index (Phi) is 2.69. The number of hydrogen-bond acceptors (Lipinski definition) is 4. The van der Waals surface area contributed by atoms with Crippen molar-refractivity contribution in [3.8, 4) is 5.75 Å². The number of carbonyl (C=O) groups is 1. The molecule has 0 aliphatic rings. The van der Waals surface area contributed by atoms with E-state index < -0.39 is 5.91 Å². The topological polar surface area (TPSA) is 77.2 Å². The highest BCUT2D eigenvalue weighted by molar-refractivity contribution is 5.95. The van der Waals surface area contributed by atoms with Gasteiger partial charge in [-0.3, -0.25) is 4.79 Å². The number of primary amides is 1. The molecule has 0 atom stereocenters. The summed E-state index contributed by atoms with van der Waals surface area (Å²) in [5.41, 5.74) is 5.38. The third-order valence-electron chi connectivity index (χ3n) is 1.61. The molecule has 0 radical (unpaired) electrons. The van der Waals surface area contributed by atoms with E-state index in [4.69, 9.17) is 10.5 Å². The summed E-state index contributed by atoms with van der Waals surface area (Å²) in [6.45, 7) is 0. The average Bonchev–Trinajstić information content (AvgIpc) is 2.16. The normalized spacial score (nSPS) is 9.38. The Hall–Kier alpha value is -1.78. The summed E-state index contributed by atoms with van der Waals surface area (Å²) in [4.78, 5) is 14.8. The highest BCUT2D eigenvalue weighted by Gasteiger charge is 2.09. The predicted octanol–water partition coefficient (Wildman–Crippen LogP) is 0.231. The lowest BCUT2D eigenvalue weighted by molar-refractivity contribution is 0.0997. The summed E-state index contributed by atoms with van der Waals surface area (Å²) < 4.78 is 4.97. The van der Waals surface area contributed by atoms with Crippen molar-refractivity contribution in [2.24, 2.45) is 5.73 Å². The van der Waals surface area contributed by atoms with Crippen molar-refractivity contribution in [3.05, 3.63) is 17.8 Å². The number of pyridine rings is 1. The van der Waals surface area contributed by atoms with Crippen LogP contribution in [-0.4, -0.2) is 25.0 Å². The molecule has 0 fully saturated rings. The van der Waals surface area contributed by atoms with Crippen molar-refractivity contribution in [1.29, 1.82) is 0 Å². The van der Waals surface area contributed by atoms with Crippen LogP contribution in [0.3, 0.4) is 0 Å². The van der Waals surface area contributed by atoms with Crippen molar-refractivity contribution in [1.82, 2.24) is 4.98 Å². The summed E-state index contributed by atoms with van der Waals surface area (Å²) in [6, 6.07) is 1.61. The van der Waals surface area contributed by atoms with Crippen LogP contribution in [0.2, 0.25) is 0 Å². The molecule has 0 aliphatic heterocycles. The van der Waals surface area contributed by atoms with Crippen LogP contribution in [0, 0.1) is 0 Å². The monoisotopic (exact) mass is 181 g/mol. The summed E-state index contributed by atoms with van der Waals surface area (Å²) in [7, 11) is 3.20. The molecule has 13 heavy (non-hydrogen) atoms. The second kappa shape index (κ2) is 3.75. The summed E-state index contributed by atoms with van der Waals surface area (Å²) in [6.07, 6.45) is 1.38. The standard InChI is InChI=1S/C8H11N3O2/c1-10-7-3-6(13-2)5(4-11-7)8(9)12/h3-4H,1-2H3,(H2,9,12)(H,10,11). The quantitative estimate of drug-likeness (QED) is 0.699. The second-order valence-corrected chi connectivity index (χ2v) is 2.38. The van der Waals surface area contributed by atoms with Crippen LogP contribution in [0.1, 0.15) is 10.4 Å². The molecule has 70 valence electrons. The Morgan fingerprint density at radius 3 is 2.85 bits per heavy atom. The van der Waals surface area contributed by atoms with E-state index in [-0.39, 0.29) is 5.56 Å². The Morgan fingerprint density at radius 1 is 1.69 bits per heavy atom. The lowest BCUT2D eigenvalue weighted by Crippen LogP contribution is -2.13. The maximum Gasteiger partial charge on any atom is 0.254 e. The minimum absolute atomic E-state index is 0.279. The van der Waals surface area contributed by atoms with Gasteiger partial charge in [-0.1, -0.05) is 0 Å². The van der Waals surface area contributed by atoms with Crippen molar-refractivity contribution in [3.63, 3.8) is 0 Å². The summed E-state index contributed by atoms with van der Waals surface area (Å²) >= 11 is 0. The van der Waals surface area contributed by atoms with Gasteiger partial charge in [0.15, 0.2) is 0 Å². The summed E-state index contributed by atoms with van der Waals surface area (Å²) in [5.74, 6) is 0.501. The first kappa shape index (κ1) is 9.31. The van der Waals surface area contributed by atoms with Crippen LogP contribution in [0.4, 0.5) is 5.82 Å². The zero-order valence-electron chi connectivity index (χ0n) is 7.50. The van der Waals surface area contributed by atoms with E-state index >= 15 is 0 Å². The highest BCUT2D eigenvalue weighted by Crippen LogP contribution is 2.19. The van der Waals surface area contributed by atoms with Gasteiger partial charge in [-0.2, -0.15) is 0 Å². The van der Waals surface area contributed by atoms with E-state index in [1.54, 1.807) is 13.1 Å². The Bertz CT molecular complexity index is 325. The first-order chi connectivity index (χ1) is 6.19. The van der Waals surface area contributed by atoms with Gasteiger partial charge in [0.1, 0.15) is 11.6 Å². The molecule has 5 nitrogen and oxygen atoms in total. The molecule has 0 aromatic carbocycles. The van der Waals surface area contributed by atoms with E-state index in [9.17, 15) is 4.79 Å². The number of hydrogen-bond donors (Lipinski definition) is 2. The van der Waals surface area contributed by atoms with E-state index in [1.165, 1.54) is 13.3 Å². The molecule has 0 bridgehead atoms. The SMILES string of the molecule is CNc1cc(OC)c(C(N)=O)cn1. The fourth-order valence-electron chi connectivity index (χ4n) is 0.928. The van der Waals surface area contributed by atoms with Gasteiger partial charge in [-0.15, -0.1) is 0 Å². The molecule has 0 spiro atoms. The molecule has 0 aliphatic carbocycles. The number of nitrogens with two attached hydrogens (primary N) is 1. The van der Waals surface area contributed by atoms with Gasteiger partial charge >= 0.3 is 0 Å². The van der Waals surface area contributed by atoms with Crippen LogP contribution in [0.5, 0.6) is 5.75 Å². The van der Waals surface area contributed by atoms with E-state index in [0.29, 0.717) is 11.6 Å². The first-order valence-corrected chi connectivity index (χ1v) is 3.70. The van der Waals surface area contributed by atoms with E-state index in [0.717, 1.165) is 0 Å². The van der Waals surface area contributed by atoms with Gasteiger partial charge in [0.05, 0.1) is 12.7 Å². The Labute approximate surface area is 75.9 Å². The maximum atomic E-state index is 10.9. The molecule has 0 unspecified atom stereocenters. The molecular weight excluding hydrogens is 170 g/mol. The number of rotatable bonds is 3. The smallest absolute Gasteiger partial charge is 0.254 e. The Morgan fingerprint density at radius 2 is 2.38 bits per heavy atom. The maximum absolute atomic E-state index is 10.9. The number of amides is 1. The minimum atomic E-state index is -0.549. The number of nitrogens with one attached hydrogen (secondary N) is 1. The predicted molar refractivity (Wildman–Crippen MR) is 48.9 cm³/mol. The van der Waals surface area contributed by atoms with Gasteiger partial charge < -0.3 is 15.8 Å². The van der Waals surface area contributed by atoms with Gasteiger partial charge in [-0.25, -0.2) is 4.98 Å². The minimum Gasteiger partial charge on any atom is -0.496 e. The van der Waals surface area contributed by atoms with Crippen LogP contribution in [0.15, 0.2) is 12.3 Å². The van der Waals surface area contributed by atoms with E-state index in [1.807, 2.05) is 0 Å². The van der Waals surface area contributed by atoms with Crippen LogP contribution in [0.25, 0.3) is 0 Å². The van der Waals surface area contributed by atoms with Crippen molar-refractivity contribution in [2.45, 2.75) is 0 Å². The average molecular weight is 181 g/mol. The molecule has 1 rings (SSSR count). The third kappa shape index (κ3) is 1.87. The van der Waals surface area contributed by atoms with Gasteiger partial charge in [-0.05, 0) is 0 Å². The van der Waals surface area contributed by atoms with E-state index in [2.05, 4.69) is 10.3 Å². The molecular formula is C8H11N3O2.